The summed E-state index contributed by atoms with van der Waals surface area (Å²) in [7, 11) is 0. The van der Waals surface area contributed by atoms with Crippen molar-refractivity contribution >= 4 is 23.0 Å². The van der Waals surface area contributed by atoms with Crippen molar-refractivity contribution in [3.8, 4) is 11.1 Å². The first-order chi connectivity index (χ1) is 12.2. The number of para-hydroxylation sites is 3. The third-order valence-electron chi connectivity index (χ3n) is 4.36. The topological polar surface area (TPSA) is 63.5 Å². The average Bonchev–Trinajstić information content (AvgIpc) is 2.97. The number of amides is 1. The number of anilines is 2. The van der Waals surface area contributed by atoms with Gasteiger partial charge in [0.2, 0.25) is 5.91 Å². The number of nitrogens with zero attached hydrogens (tertiary/aromatic N) is 2. The van der Waals surface area contributed by atoms with E-state index < -0.39 is 4.92 Å². The lowest BCUT2D eigenvalue weighted by Gasteiger charge is -2.21. The minimum absolute atomic E-state index is 0.0230. The van der Waals surface area contributed by atoms with E-state index >= 15 is 0 Å². The lowest BCUT2D eigenvalue weighted by molar-refractivity contribution is -0.384. The number of nitro groups is 1. The molecule has 4 rings (SSSR count). The molecule has 1 heterocycles. The van der Waals surface area contributed by atoms with Crippen LogP contribution in [-0.4, -0.2) is 10.8 Å². The van der Waals surface area contributed by atoms with Crippen LogP contribution in [0.25, 0.3) is 11.1 Å². The molecule has 3 aromatic carbocycles. The molecule has 0 atom stereocenters. The van der Waals surface area contributed by atoms with Crippen LogP contribution < -0.4 is 4.90 Å². The number of hydrogen-bond acceptors (Lipinski definition) is 3. The van der Waals surface area contributed by atoms with E-state index in [1.54, 1.807) is 23.1 Å². The summed E-state index contributed by atoms with van der Waals surface area (Å²) in [4.78, 5) is 25.3. The molecule has 1 amide bonds. The lowest BCUT2D eigenvalue weighted by Crippen LogP contribution is -2.21. The van der Waals surface area contributed by atoms with Crippen LogP contribution in [0.4, 0.5) is 17.1 Å². The van der Waals surface area contributed by atoms with Crippen LogP contribution in [0, 0.1) is 10.1 Å². The Bertz CT molecular complexity index is 997. The van der Waals surface area contributed by atoms with Gasteiger partial charge in [-0.3, -0.25) is 19.8 Å². The monoisotopic (exact) mass is 330 g/mol. The Morgan fingerprint density at radius 3 is 2.16 bits per heavy atom. The zero-order valence-corrected chi connectivity index (χ0v) is 13.3. The van der Waals surface area contributed by atoms with Crippen molar-refractivity contribution in [3.05, 3.63) is 88.5 Å². The number of carbonyl (C=O) groups excluding carboxylic acids is 1. The number of nitro benzene ring substituents is 1. The SMILES string of the molecule is O=C1Cc2ccccc2N1c1ccccc1-c1ccccc1[N+](=O)[O-]. The molecule has 0 saturated heterocycles. The van der Waals surface area contributed by atoms with E-state index in [4.69, 9.17) is 0 Å². The van der Waals surface area contributed by atoms with Gasteiger partial charge in [0, 0.05) is 11.6 Å². The number of carbonyl (C=O) groups is 1. The van der Waals surface area contributed by atoms with E-state index in [1.807, 2.05) is 48.5 Å². The fourth-order valence-electron chi connectivity index (χ4n) is 3.28. The van der Waals surface area contributed by atoms with Gasteiger partial charge >= 0.3 is 0 Å². The Hall–Kier alpha value is -3.47. The maximum atomic E-state index is 12.6. The quantitative estimate of drug-likeness (QED) is 0.525. The molecule has 0 N–H and O–H groups in total. The van der Waals surface area contributed by atoms with Gasteiger partial charge in [-0.05, 0) is 23.8 Å². The van der Waals surface area contributed by atoms with Crippen molar-refractivity contribution in [1.82, 2.24) is 0 Å². The molecule has 5 heteroatoms. The highest BCUT2D eigenvalue weighted by molar-refractivity contribution is 6.10. The zero-order valence-electron chi connectivity index (χ0n) is 13.3. The van der Waals surface area contributed by atoms with Crippen molar-refractivity contribution < 1.29 is 9.72 Å². The molecule has 0 aliphatic carbocycles. The smallest absolute Gasteiger partial charge is 0.277 e. The molecular weight excluding hydrogens is 316 g/mol. The van der Waals surface area contributed by atoms with E-state index in [1.165, 1.54) is 6.07 Å². The largest absolute Gasteiger partial charge is 0.280 e. The summed E-state index contributed by atoms with van der Waals surface area (Å²) in [6, 6.07) is 21.5. The van der Waals surface area contributed by atoms with Crippen molar-refractivity contribution in [2.75, 3.05) is 4.90 Å². The molecule has 1 aliphatic heterocycles. The van der Waals surface area contributed by atoms with Crippen molar-refractivity contribution in [2.45, 2.75) is 6.42 Å². The molecule has 0 spiro atoms. The fraction of sp³-hybridized carbons (Fsp3) is 0.0500. The second-order valence-electron chi connectivity index (χ2n) is 5.83. The molecule has 0 unspecified atom stereocenters. The standard InChI is InChI=1S/C20H14N2O3/c23-20-13-14-7-1-4-10-17(14)21(20)18-11-5-2-8-15(18)16-9-3-6-12-19(16)22(24)25/h1-12H,13H2. The highest BCUT2D eigenvalue weighted by Crippen LogP contribution is 2.42. The summed E-state index contributed by atoms with van der Waals surface area (Å²) in [6.07, 6.45) is 0.335. The van der Waals surface area contributed by atoms with Gasteiger partial charge in [0.15, 0.2) is 0 Å². The molecule has 0 aromatic heterocycles. The molecule has 25 heavy (non-hydrogen) atoms. The molecule has 0 radical (unpaired) electrons. The zero-order chi connectivity index (χ0) is 17.4. The van der Waals surface area contributed by atoms with Crippen molar-refractivity contribution in [1.29, 1.82) is 0 Å². The number of rotatable bonds is 3. The van der Waals surface area contributed by atoms with Gasteiger partial charge in [0.1, 0.15) is 0 Å². The summed E-state index contributed by atoms with van der Waals surface area (Å²) in [5.74, 6) is -0.0350. The predicted molar refractivity (Wildman–Crippen MR) is 95.8 cm³/mol. The predicted octanol–water partition coefficient (Wildman–Crippen LogP) is 4.48. The Morgan fingerprint density at radius 1 is 0.800 bits per heavy atom. The van der Waals surface area contributed by atoms with Crippen LogP contribution in [0.5, 0.6) is 0 Å². The molecule has 5 nitrogen and oxygen atoms in total. The Morgan fingerprint density at radius 2 is 1.40 bits per heavy atom. The van der Waals surface area contributed by atoms with Gasteiger partial charge in [-0.15, -0.1) is 0 Å². The molecular formula is C20H14N2O3. The minimum atomic E-state index is -0.397. The fourth-order valence-corrected chi connectivity index (χ4v) is 3.28. The summed E-state index contributed by atoms with van der Waals surface area (Å²) in [6.45, 7) is 0. The van der Waals surface area contributed by atoms with Crippen molar-refractivity contribution in [3.63, 3.8) is 0 Å². The van der Waals surface area contributed by atoms with Gasteiger partial charge in [-0.1, -0.05) is 48.5 Å². The summed E-state index contributed by atoms with van der Waals surface area (Å²) < 4.78 is 0. The molecule has 3 aromatic rings. The first-order valence-electron chi connectivity index (χ1n) is 7.90. The molecule has 1 aliphatic rings. The van der Waals surface area contributed by atoms with Gasteiger partial charge in [-0.2, -0.15) is 0 Å². The van der Waals surface area contributed by atoms with Crippen molar-refractivity contribution in [2.24, 2.45) is 0 Å². The van der Waals surface area contributed by atoms with E-state index in [0.717, 1.165) is 11.3 Å². The maximum Gasteiger partial charge on any atom is 0.277 e. The summed E-state index contributed by atoms with van der Waals surface area (Å²) in [5, 5.41) is 11.4. The van der Waals surface area contributed by atoms with Crippen LogP contribution in [0.1, 0.15) is 5.56 Å². The van der Waals surface area contributed by atoms with Gasteiger partial charge < -0.3 is 0 Å². The maximum absolute atomic E-state index is 12.6. The second kappa shape index (κ2) is 5.87. The number of hydrogen-bond donors (Lipinski definition) is 0. The van der Waals surface area contributed by atoms with Crippen LogP contribution >= 0.6 is 0 Å². The van der Waals surface area contributed by atoms with Crippen LogP contribution in [0.15, 0.2) is 72.8 Å². The van der Waals surface area contributed by atoms with Crippen LogP contribution in [-0.2, 0) is 11.2 Å². The van der Waals surface area contributed by atoms with Crippen LogP contribution in [0.3, 0.4) is 0 Å². The molecule has 0 fully saturated rings. The van der Waals surface area contributed by atoms with Gasteiger partial charge in [0.05, 0.1) is 28.3 Å². The Labute approximate surface area is 144 Å². The van der Waals surface area contributed by atoms with Gasteiger partial charge in [-0.25, -0.2) is 0 Å². The van der Waals surface area contributed by atoms with E-state index in [0.29, 0.717) is 23.2 Å². The highest BCUT2D eigenvalue weighted by Gasteiger charge is 2.30. The number of benzene rings is 3. The number of fused-ring (bicyclic) bond motifs is 1. The summed E-state index contributed by atoms with van der Waals surface area (Å²) in [5.41, 5.74) is 3.64. The third kappa shape index (κ3) is 2.46. The average molecular weight is 330 g/mol. The normalized spacial score (nSPS) is 13.0. The van der Waals surface area contributed by atoms with Gasteiger partial charge in [0.25, 0.3) is 5.69 Å². The third-order valence-corrected chi connectivity index (χ3v) is 4.36. The first-order valence-corrected chi connectivity index (χ1v) is 7.90. The Kier molecular flexibility index (Phi) is 3.54. The highest BCUT2D eigenvalue weighted by atomic mass is 16.6. The lowest BCUT2D eigenvalue weighted by atomic mass is 10.0. The van der Waals surface area contributed by atoms with E-state index in [-0.39, 0.29) is 11.6 Å². The molecule has 122 valence electrons. The Balaban J connectivity index is 1.93. The molecule has 0 saturated carbocycles. The second-order valence-corrected chi connectivity index (χ2v) is 5.83. The van der Waals surface area contributed by atoms with E-state index in [2.05, 4.69) is 0 Å². The minimum Gasteiger partial charge on any atom is -0.280 e. The van der Waals surface area contributed by atoms with Crippen LogP contribution in [0.2, 0.25) is 0 Å². The summed E-state index contributed by atoms with van der Waals surface area (Å²) >= 11 is 0. The first kappa shape index (κ1) is 15.1. The molecule has 0 bridgehead atoms. The van der Waals surface area contributed by atoms with E-state index in [9.17, 15) is 14.9 Å².